The lowest BCUT2D eigenvalue weighted by Crippen LogP contribution is -2.15. The number of anilines is 1. The molecule has 0 spiro atoms. The third-order valence-corrected chi connectivity index (χ3v) is 4.39. The fourth-order valence-corrected chi connectivity index (χ4v) is 3.15. The number of furan rings is 1. The molecule has 6 heteroatoms. The van der Waals surface area contributed by atoms with Crippen LogP contribution in [0.4, 0.5) is 5.69 Å². The second-order valence-corrected chi connectivity index (χ2v) is 6.32. The van der Waals surface area contributed by atoms with Crippen LogP contribution >= 0.6 is 11.3 Å². The number of carbonyl (C=O) groups is 1. The number of hydrogen-bond donors (Lipinski definition) is 2. The molecule has 1 unspecified atom stereocenters. The Balaban J connectivity index is 1.87. The smallest absolute Gasteiger partial charge is 0.275 e. The van der Waals surface area contributed by atoms with Gasteiger partial charge in [0.25, 0.3) is 5.91 Å². The molecule has 0 aliphatic heterocycles. The van der Waals surface area contributed by atoms with Crippen molar-refractivity contribution in [1.29, 1.82) is 0 Å². The van der Waals surface area contributed by atoms with Gasteiger partial charge in [0.2, 0.25) is 0 Å². The van der Waals surface area contributed by atoms with Crippen molar-refractivity contribution in [2.75, 3.05) is 5.32 Å². The second kappa shape index (κ2) is 6.36. The minimum Gasteiger partial charge on any atom is -0.462 e. The molecule has 2 aromatic heterocycles. The Hall–Kier alpha value is -2.44. The molecule has 0 fully saturated rings. The molecule has 23 heavy (non-hydrogen) atoms. The molecule has 1 aromatic carbocycles. The van der Waals surface area contributed by atoms with E-state index in [2.05, 4.69) is 10.3 Å². The highest BCUT2D eigenvalue weighted by Gasteiger charge is 2.19. The average Bonchev–Trinajstić information content (AvgIpc) is 3.16. The van der Waals surface area contributed by atoms with E-state index in [1.165, 1.54) is 11.3 Å². The number of hydrogen-bond acceptors (Lipinski definition) is 5. The van der Waals surface area contributed by atoms with Gasteiger partial charge in [0.15, 0.2) is 10.8 Å². The normalized spacial score (nSPS) is 12.1. The summed E-state index contributed by atoms with van der Waals surface area (Å²) < 4.78 is 5.32. The van der Waals surface area contributed by atoms with Gasteiger partial charge in [0, 0.05) is 16.1 Å². The van der Waals surface area contributed by atoms with Crippen LogP contribution in [0.1, 0.15) is 34.0 Å². The predicted molar refractivity (Wildman–Crippen MR) is 89.6 cm³/mol. The van der Waals surface area contributed by atoms with Crippen LogP contribution in [0.15, 0.2) is 47.1 Å². The van der Waals surface area contributed by atoms with Gasteiger partial charge in [-0.3, -0.25) is 4.79 Å². The van der Waals surface area contributed by atoms with Gasteiger partial charge in [-0.1, -0.05) is 18.2 Å². The van der Waals surface area contributed by atoms with Gasteiger partial charge in [-0.25, -0.2) is 4.98 Å². The van der Waals surface area contributed by atoms with E-state index in [4.69, 9.17) is 4.42 Å². The Labute approximate surface area is 137 Å². The van der Waals surface area contributed by atoms with Crippen LogP contribution in [-0.2, 0) is 0 Å². The molecule has 2 N–H and O–H groups in total. The summed E-state index contributed by atoms with van der Waals surface area (Å²) >= 11 is 1.41. The Kier molecular flexibility index (Phi) is 4.27. The zero-order valence-corrected chi connectivity index (χ0v) is 13.6. The van der Waals surface area contributed by atoms with Crippen LogP contribution in [0.2, 0.25) is 0 Å². The van der Waals surface area contributed by atoms with Crippen molar-refractivity contribution < 1.29 is 14.3 Å². The quantitative estimate of drug-likeness (QED) is 0.758. The zero-order chi connectivity index (χ0) is 16.4. The first-order valence-corrected chi connectivity index (χ1v) is 7.97. The van der Waals surface area contributed by atoms with Gasteiger partial charge in [0.1, 0.15) is 5.69 Å². The van der Waals surface area contributed by atoms with Crippen molar-refractivity contribution in [1.82, 2.24) is 4.98 Å². The van der Waals surface area contributed by atoms with E-state index in [0.717, 1.165) is 4.88 Å². The van der Waals surface area contributed by atoms with E-state index in [9.17, 15) is 9.90 Å². The number of aryl methyl sites for hydroxylation is 1. The van der Waals surface area contributed by atoms with Gasteiger partial charge in [-0.15, -0.1) is 11.3 Å². The molecule has 2 heterocycles. The first-order chi connectivity index (χ1) is 11.1. The highest BCUT2D eigenvalue weighted by molar-refractivity contribution is 7.15. The number of para-hydroxylation sites is 1. The number of carbonyl (C=O) groups excluding carboxylic acids is 1. The molecular weight excluding hydrogens is 312 g/mol. The minimum absolute atomic E-state index is 0.301. The van der Waals surface area contributed by atoms with Gasteiger partial charge < -0.3 is 14.8 Å². The molecule has 0 saturated carbocycles. The maximum absolute atomic E-state index is 12.5. The summed E-state index contributed by atoms with van der Waals surface area (Å²) in [5.74, 6) is 0.339. The number of aliphatic hydroxyl groups is 1. The largest absolute Gasteiger partial charge is 0.462 e. The summed E-state index contributed by atoms with van der Waals surface area (Å²) in [6.45, 7) is 3.51. The first kappa shape index (κ1) is 15.5. The molecule has 3 rings (SSSR count). The van der Waals surface area contributed by atoms with E-state index in [0.29, 0.717) is 27.7 Å². The van der Waals surface area contributed by atoms with Crippen molar-refractivity contribution in [3.8, 4) is 10.8 Å². The third kappa shape index (κ3) is 3.18. The monoisotopic (exact) mass is 328 g/mol. The van der Waals surface area contributed by atoms with E-state index in [1.54, 1.807) is 31.4 Å². The van der Waals surface area contributed by atoms with Gasteiger partial charge in [-0.05, 0) is 32.0 Å². The van der Waals surface area contributed by atoms with Gasteiger partial charge in [0.05, 0.1) is 12.4 Å². The van der Waals surface area contributed by atoms with Crippen LogP contribution in [0, 0.1) is 6.92 Å². The highest BCUT2D eigenvalue weighted by atomic mass is 32.1. The molecule has 0 saturated heterocycles. The van der Waals surface area contributed by atoms with Crippen molar-refractivity contribution in [3.05, 3.63) is 58.8 Å². The lowest BCUT2D eigenvalue weighted by Gasteiger charge is -2.12. The van der Waals surface area contributed by atoms with E-state index >= 15 is 0 Å². The molecule has 3 aromatic rings. The molecule has 5 nitrogen and oxygen atoms in total. The van der Waals surface area contributed by atoms with Crippen LogP contribution < -0.4 is 5.32 Å². The van der Waals surface area contributed by atoms with E-state index < -0.39 is 6.10 Å². The van der Waals surface area contributed by atoms with Crippen molar-refractivity contribution in [2.24, 2.45) is 0 Å². The summed E-state index contributed by atoms with van der Waals surface area (Å²) in [5, 5.41) is 13.3. The van der Waals surface area contributed by atoms with Crippen molar-refractivity contribution >= 4 is 22.9 Å². The van der Waals surface area contributed by atoms with Crippen molar-refractivity contribution in [3.63, 3.8) is 0 Å². The predicted octanol–water partition coefficient (Wildman–Crippen LogP) is 4.02. The Bertz CT molecular complexity index is 822. The van der Waals surface area contributed by atoms with Crippen LogP contribution in [-0.4, -0.2) is 16.0 Å². The Morgan fingerprint density at radius 2 is 2.09 bits per heavy atom. The number of aliphatic hydroxyl groups excluding tert-OH is 1. The number of rotatable bonds is 4. The lowest BCUT2D eigenvalue weighted by molar-refractivity contribution is 0.102. The topological polar surface area (TPSA) is 75.4 Å². The zero-order valence-electron chi connectivity index (χ0n) is 12.7. The lowest BCUT2D eigenvalue weighted by atomic mass is 10.1. The summed E-state index contributed by atoms with van der Waals surface area (Å²) in [6.07, 6.45) is 0.909. The fraction of sp³-hybridized carbons (Fsp3) is 0.176. The SMILES string of the molecule is Cc1sc(-c2ccco2)nc1C(=O)Nc1ccccc1C(C)O. The summed E-state index contributed by atoms with van der Waals surface area (Å²) in [5.41, 5.74) is 1.61. The molecule has 1 atom stereocenters. The molecule has 1 amide bonds. The van der Waals surface area contributed by atoms with Crippen LogP contribution in [0.25, 0.3) is 10.8 Å². The number of nitrogens with zero attached hydrogens (tertiary/aromatic N) is 1. The minimum atomic E-state index is -0.665. The average molecular weight is 328 g/mol. The summed E-state index contributed by atoms with van der Waals surface area (Å²) in [7, 11) is 0. The summed E-state index contributed by atoms with van der Waals surface area (Å²) in [4.78, 5) is 17.7. The first-order valence-electron chi connectivity index (χ1n) is 7.16. The van der Waals surface area contributed by atoms with Crippen molar-refractivity contribution in [2.45, 2.75) is 20.0 Å². The maximum Gasteiger partial charge on any atom is 0.275 e. The fourth-order valence-electron chi connectivity index (χ4n) is 2.27. The molecule has 118 valence electrons. The number of benzene rings is 1. The third-order valence-electron chi connectivity index (χ3n) is 3.40. The Morgan fingerprint density at radius 1 is 1.30 bits per heavy atom. The Morgan fingerprint density at radius 3 is 2.78 bits per heavy atom. The van der Waals surface area contributed by atoms with E-state index in [-0.39, 0.29) is 5.91 Å². The van der Waals surface area contributed by atoms with E-state index in [1.807, 2.05) is 25.1 Å². The second-order valence-electron chi connectivity index (χ2n) is 5.12. The number of nitrogens with one attached hydrogen (secondary N) is 1. The number of aromatic nitrogens is 1. The van der Waals surface area contributed by atoms with Gasteiger partial charge >= 0.3 is 0 Å². The molecule has 0 bridgehead atoms. The molecular formula is C17H16N2O3S. The van der Waals surface area contributed by atoms with Crippen LogP contribution in [0.5, 0.6) is 0 Å². The number of amides is 1. The van der Waals surface area contributed by atoms with Gasteiger partial charge in [-0.2, -0.15) is 0 Å². The molecule has 0 aliphatic rings. The molecule has 0 radical (unpaired) electrons. The summed E-state index contributed by atoms with van der Waals surface area (Å²) in [6, 6.07) is 10.8. The molecule has 0 aliphatic carbocycles. The van der Waals surface area contributed by atoms with Crippen LogP contribution in [0.3, 0.4) is 0 Å². The highest BCUT2D eigenvalue weighted by Crippen LogP contribution is 2.29. The standard InChI is InChI=1S/C17H16N2O3S/c1-10(20)12-6-3-4-7-13(12)18-16(21)15-11(2)23-17(19-15)14-8-5-9-22-14/h3-10,20H,1-2H3,(H,18,21). The number of thiazole rings is 1. The maximum atomic E-state index is 12.5.